The molecule has 4 bridgehead atoms. The van der Waals surface area contributed by atoms with Crippen molar-refractivity contribution < 1.29 is 14.7 Å². The Bertz CT molecular complexity index is 465. The van der Waals surface area contributed by atoms with Crippen molar-refractivity contribution >= 4 is 11.9 Å². The van der Waals surface area contributed by atoms with Gasteiger partial charge >= 0.3 is 5.97 Å². The van der Waals surface area contributed by atoms with E-state index >= 15 is 0 Å². The van der Waals surface area contributed by atoms with Gasteiger partial charge in [0.2, 0.25) is 5.91 Å². The van der Waals surface area contributed by atoms with Crippen molar-refractivity contribution in [2.75, 3.05) is 13.1 Å². The molecule has 5 fully saturated rings. The summed E-state index contributed by atoms with van der Waals surface area (Å²) in [5.74, 6) is 1.80. The number of carbonyl (C=O) groups excluding carboxylic acids is 1. The molecule has 0 aromatic carbocycles. The quantitative estimate of drug-likeness (QED) is 0.850. The third-order valence-electron chi connectivity index (χ3n) is 6.77. The fourth-order valence-electron chi connectivity index (χ4n) is 6.02. The summed E-state index contributed by atoms with van der Waals surface area (Å²) < 4.78 is 0. The van der Waals surface area contributed by atoms with Gasteiger partial charge in [0.1, 0.15) is 0 Å². The van der Waals surface area contributed by atoms with E-state index in [4.69, 9.17) is 0 Å². The van der Waals surface area contributed by atoms with Gasteiger partial charge < -0.3 is 10.0 Å². The number of nitrogens with zero attached hydrogens (tertiary/aromatic N) is 1. The van der Waals surface area contributed by atoms with E-state index in [1.807, 2.05) is 4.90 Å². The molecule has 1 heterocycles. The van der Waals surface area contributed by atoms with Crippen LogP contribution in [0.5, 0.6) is 0 Å². The van der Waals surface area contributed by atoms with Crippen molar-refractivity contribution in [3.05, 3.63) is 0 Å². The average molecular weight is 291 g/mol. The van der Waals surface area contributed by atoms with E-state index < -0.39 is 11.4 Å². The van der Waals surface area contributed by atoms with Gasteiger partial charge in [-0.1, -0.05) is 0 Å². The second-order valence-electron chi connectivity index (χ2n) is 8.54. The number of hydrogen-bond donors (Lipinski definition) is 1. The molecule has 21 heavy (non-hydrogen) atoms. The molecule has 1 atom stereocenters. The highest BCUT2D eigenvalue weighted by Crippen LogP contribution is 2.60. The summed E-state index contributed by atoms with van der Waals surface area (Å²) in [7, 11) is 0. The van der Waals surface area contributed by atoms with E-state index in [1.165, 1.54) is 19.3 Å². The van der Waals surface area contributed by atoms with Crippen LogP contribution in [0.4, 0.5) is 0 Å². The number of likely N-dealkylation sites (tertiary alicyclic amines) is 1. The highest BCUT2D eigenvalue weighted by Gasteiger charge is 2.57. The minimum absolute atomic E-state index is 0.126. The Morgan fingerprint density at radius 2 is 1.57 bits per heavy atom. The second-order valence-corrected chi connectivity index (χ2v) is 8.54. The molecule has 0 spiro atoms. The Hall–Kier alpha value is -1.06. The number of hydrogen-bond acceptors (Lipinski definition) is 2. The summed E-state index contributed by atoms with van der Waals surface area (Å²) in [6.07, 6.45) is 7.80. The van der Waals surface area contributed by atoms with Crippen LogP contribution in [0.3, 0.4) is 0 Å². The fraction of sp³-hybridized carbons (Fsp3) is 0.882. The van der Waals surface area contributed by atoms with Crippen LogP contribution in [0.2, 0.25) is 0 Å². The first-order chi connectivity index (χ1) is 9.90. The summed E-state index contributed by atoms with van der Waals surface area (Å²) in [5, 5.41) is 9.37. The van der Waals surface area contributed by atoms with Crippen LogP contribution in [0, 0.1) is 28.6 Å². The molecule has 0 radical (unpaired) electrons. The maximum Gasteiger partial charge on any atom is 0.311 e. The molecule has 4 saturated carbocycles. The summed E-state index contributed by atoms with van der Waals surface area (Å²) >= 11 is 0. The first-order valence-corrected chi connectivity index (χ1v) is 8.43. The van der Waals surface area contributed by atoms with Gasteiger partial charge in [-0.25, -0.2) is 0 Å². The summed E-state index contributed by atoms with van der Waals surface area (Å²) in [4.78, 5) is 26.4. The van der Waals surface area contributed by atoms with Gasteiger partial charge in [0.05, 0.1) is 10.8 Å². The highest BCUT2D eigenvalue weighted by molar-refractivity contribution is 5.85. The monoisotopic (exact) mass is 291 g/mol. The van der Waals surface area contributed by atoms with E-state index in [1.54, 1.807) is 6.92 Å². The molecule has 5 aliphatic rings. The second kappa shape index (κ2) is 4.23. The van der Waals surface area contributed by atoms with Gasteiger partial charge in [-0.3, -0.25) is 9.59 Å². The first kappa shape index (κ1) is 13.6. The fourth-order valence-corrected chi connectivity index (χ4v) is 6.02. The molecule has 116 valence electrons. The van der Waals surface area contributed by atoms with Crippen LogP contribution in [-0.4, -0.2) is 35.0 Å². The van der Waals surface area contributed by atoms with E-state index in [0.29, 0.717) is 19.5 Å². The SMILES string of the molecule is CC1(C(=O)O)CCN(C(=O)C23CC4CC(CC(C4)C2)C3)C1. The predicted octanol–water partition coefficient (Wildman–Crippen LogP) is 2.53. The van der Waals surface area contributed by atoms with Crippen molar-refractivity contribution in [2.45, 2.75) is 51.9 Å². The molecule has 4 nitrogen and oxygen atoms in total. The molecular formula is C17H25NO3. The van der Waals surface area contributed by atoms with Crippen LogP contribution >= 0.6 is 0 Å². The van der Waals surface area contributed by atoms with Crippen molar-refractivity contribution in [3.8, 4) is 0 Å². The zero-order valence-electron chi connectivity index (χ0n) is 12.8. The van der Waals surface area contributed by atoms with Crippen molar-refractivity contribution in [3.63, 3.8) is 0 Å². The standard InChI is InChI=1S/C17H25NO3/c1-16(15(20)21)2-3-18(10-16)14(19)17-7-11-4-12(8-17)6-13(5-11)9-17/h11-13H,2-10H2,1H3,(H,20,21). The lowest BCUT2D eigenvalue weighted by atomic mass is 9.49. The zero-order valence-corrected chi connectivity index (χ0v) is 12.8. The van der Waals surface area contributed by atoms with E-state index in [9.17, 15) is 14.7 Å². The zero-order chi connectivity index (χ0) is 14.8. The third-order valence-corrected chi connectivity index (χ3v) is 6.77. The molecule has 1 aliphatic heterocycles. The predicted molar refractivity (Wildman–Crippen MR) is 77.5 cm³/mol. The molecule has 5 rings (SSSR count). The normalized spacial score (nSPS) is 47.9. The largest absolute Gasteiger partial charge is 0.481 e. The molecule has 1 N–H and O–H groups in total. The van der Waals surface area contributed by atoms with Crippen LogP contribution in [-0.2, 0) is 9.59 Å². The lowest BCUT2D eigenvalue weighted by Crippen LogP contribution is -2.54. The van der Waals surface area contributed by atoms with Gasteiger partial charge in [0, 0.05) is 13.1 Å². The van der Waals surface area contributed by atoms with Crippen LogP contribution in [0.1, 0.15) is 51.9 Å². The molecule has 1 amide bonds. The minimum atomic E-state index is -0.761. The summed E-state index contributed by atoms with van der Waals surface area (Å²) in [5.41, 5.74) is -0.865. The molecule has 1 saturated heterocycles. The summed E-state index contributed by atoms with van der Waals surface area (Å²) in [6, 6.07) is 0. The number of carboxylic acids is 1. The van der Waals surface area contributed by atoms with Gasteiger partial charge in [0.25, 0.3) is 0 Å². The van der Waals surface area contributed by atoms with Crippen molar-refractivity contribution in [1.82, 2.24) is 4.90 Å². The minimum Gasteiger partial charge on any atom is -0.481 e. The number of amides is 1. The van der Waals surface area contributed by atoms with Crippen LogP contribution < -0.4 is 0 Å². The molecule has 4 aliphatic carbocycles. The smallest absolute Gasteiger partial charge is 0.311 e. The van der Waals surface area contributed by atoms with Gasteiger partial charge in [0.15, 0.2) is 0 Å². The van der Waals surface area contributed by atoms with Crippen LogP contribution in [0.15, 0.2) is 0 Å². The average Bonchev–Trinajstić information content (AvgIpc) is 2.80. The maximum absolute atomic E-state index is 13.1. The Labute approximate surface area is 125 Å². The van der Waals surface area contributed by atoms with Gasteiger partial charge in [-0.05, 0) is 69.6 Å². The van der Waals surface area contributed by atoms with E-state index in [0.717, 1.165) is 37.0 Å². The topological polar surface area (TPSA) is 57.6 Å². The van der Waals surface area contributed by atoms with Gasteiger partial charge in [-0.15, -0.1) is 0 Å². The molecular weight excluding hydrogens is 266 g/mol. The van der Waals surface area contributed by atoms with Crippen LogP contribution in [0.25, 0.3) is 0 Å². The van der Waals surface area contributed by atoms with E-state index in [-0.39, 0.29) is 11.3 Å². The Morgan fingerprint density at radius 3 is 2.00 bits per heavy atom. The van der Waals surface area contributed by atoms with Crippen molar-refractivity contribution in [1.29, 1.82) is 0 Å². The van der Waals surface area contributed by atoms with E-state index in [2.05, 4.69) is 0 Å². The molecule has 1 unspecified atom stereocenters. The Balaban J connectivity index is 1.55. The number of carboxylic acid groups (broad SMARTS) is 1. The summed E-state index contributed by atoms with van der Waals surface area (Å²) in [6.45, 7) is 2.81. The lowest BCUT2D eigenvalue weighted by molar-refractivity contribution is -0.157. The lowest BCUT2D eigenvalue weighted by Gasteiger charge is -2.56. The molecule has 0 aromatic heterocycles. The number of carbonyl (C=O) groups is 2. The number of aliphatic carboxylic acids is 1. The van der Waals surface area contributed by atoms with Crippen molar-refractivity contribution in [2.24, 2.45) is 28.6 Å². The highest BCUT2D eigenvalue weighted by atomic mass is 16.4. The Kier molecular flexibility index (Phi) is 2.74. The number of rotatable bonds is 2. The molecule has 0 aromatic rings. The van der Waals surface area contributed by atoms with Gasteiger partial charge in [-0.2, -0.15) is 0 Å². The third kappa shape index (κ3) is 1.94. The molecule has 4 heteroatoms. The Morgan fingerprint density at radius 1 is 1.05 bits per heavy atom. The first-order valence-electron chi connectivity index (χ1n) is 8.43. The maximum atomic E-state index is 13.1.